The molecule has 0 aliphatic heterocycles. The van der Waals surface area contributed by atoms with Crippen molar-refractivity contribution in [2.24, 2.45) is 0 Å². The summed E-state index contributed by atoms with van der Waals surface area (Å²) in [5.41, 5.74) is 0. The molecule has 0 saturated heterocycles. The van der Waals surface area contributed by atoms with Crippen molar-refractivity contribution in [1.29, 1.82) is 0 Å². The predicted octanol–water partition coefficient (Wildman–Crippen LogP) is 0.599. The Bertz CT molecular complexity index is 223. The summed E-state index contributed by atoms with van der Waals surface area (Å²) >= 11 is 0. The van der Waals surface area contributed by atoms with Crippen LogP contribution in [0, 0.1) is 0 Å². The van der Waals surface area contributed by atoms with Gasteiger partial charge in [-0.2, -0.15) is 0 Å². The van der Waals surface area contributed by atoms with Crippen LogP contribution in [0.3, 0.4) is 0 Å². The maximum Gasteiger partial charge on any atom is 0.150 e. The molecule has 0 saturated carbocycles. The Balaban J connectivity index is 3.54. The standard InChI is InChI=1S/C9H20O4S/c1-3-13-8-9(10)6-5-7-14(11,12)4-2/h9-10H,3-8H2,1-2H3. The first-order chi connectivity index (χ1) is 6.52. The minimum absolute atomic E-state index is 0.159. The summed E-state index contributed by atoms with van der Waals surface area (Å²) in [7, 11) is -2.89. The van der Waals surface area contributed by atoms with Gasteiger partial charge in [-0.05, 0) is 19.8 Å². The molecule has 4 nitrogen and oxygen atoms in total. The van der Waals surface area contributed by atoms with E-state index in [1.54, 1.807) is 6.92 Å². The molecule has 0 radical (unpaired) electrons. The summed E-state index contributed by atoms with van der Waals surface area (Å²) in [5.74, 6) is 0.335. The summed E-state index contributed by atoms with van der Waals surface area (Å²) in [5, 5.41) is 9.33. The first-order valence-electron chi connectivity index (χ1n) is 4.98. The monoisotopic (exact) mass is 224 g/mol. The molecule has 0 spiro atoms. The Labute approximate surface area is 86.2 Å². The van der Waals surface area contributed by atoms with E-state index in [0.29, 0.717) is 26.1 Å². The lowest BCUT2D eigenvalue weighted by molar-refractivity contribution is 0.0380. The lowest BCUT2D eigenvalue weighted by Crippen LogP contribution is -2.17. The predicted molar refractivity (Wildman–Crippen MR) is 56.1 cm³/mol. The van der Waals surface area contributed by atoms with Crippen molar-refractivity contribution in [1.82, 2.24) is 0 Å². The van der Waals surface area contributed by atoms with E-state index in [2.05, 4.69) is 0 Å². The average molecular weight is 224 g/mol. The van der Waals surface area contributed by atoms with Crippen LogP contribution in [0.4, 0.5) is 0 Å². The van der Waals surface area contributed by atoms with Gasteiger partial charge >= 0.3 is 0 Å². The van der Waals surface area contributed by atoms with Gasteiger partial charge in [0.05, 0.1) is 18.5 Å². The number of hydrogen-bond donors (Lipinski definition) is 1. The number of aliphatic hydroxyl groups excluding tert-OH is 1. The average Bonchev–Trinajstić information content (AvgIpc) is 2.14. The number of sulfone groups is 1. The van der Waals surface area contributed by atoms with Crippen LogP contribution in [0.25, 0.3) is 0 Å². The van der Waals surface area contributed by atoms with Crippen molar-refractivity contribution < 1.29 is 18.3 Å². The Morgan fingerprint density at radius 3 is 2.50 bits per heavy atom. The third-order valence-electron chi connectivity index (χ3n) is 1.95. The van der Waals surface area contributed by atoms with E-state index in [9.17, 15) is 13.5 Å². The van der Waals surface area contributed by atoms with Gasteiger partial charge < -0.3 is 9.84 Å². The number of ether oxygens (including phenoxy) is 1. The summed E-state index contributed by atoms with van der Waals surface area (Å²) in [4.78, 5) is 0. The van der Waals surface area contributed by atoms with Crippen LogP contribution >= 0.6 is 0 Å². The fourth-order valence-electron chi connectivity index (χ4n) is 1.02. The highest BCUT2D eigenvalue weighted by atomic mass is 32.2. The molecule has 0 rings (SSSR count). The maximum atomic E-state index is 11.1. The van der Waals surface area contributed by atoms with E-state index in [4.69, 9.17) is 4.74 Å². The lowest BCUT2D eigenvalue weighted by atomic mass is 10.2. The fraction of sp³-hybridized carbons (Fsp3) is 1.00. The Morgan fingerprint density at radius 1 is 1.36 bits per heavy atom. The molecular weight excluding hydrogens is 204 g/mol. The molecule has 0 aliphatic carbocycles. The van der Waals surface area contributed by atoms with Crippen molar-refractivity contribution in [3.05, 3.63) is 0 Å². The molecule has 1 atom stereocenters. The molecule has 0 bridgehead atoms. The molecule has 0 fully saturated rings. The smallest absolute Gasteiger partial charge is 0.150 e. The molecule has 1 unspecified atom stereocenters. The minimum atomic E-state index is -2.89. The van der Waals surface area contributed by atoms with Gasteiger partial charge in [-0.25, -0.2) is 8.42 Å². The van der Waals surface area contributed by atoms with E-state index >= 15 is 0 Å². The Morgan fingerprint density at radius 2 is 2.00 bits per heavy atom. The topological polar surface area (TPSA) is 63.6 Å². The van der Waals surface area contributed by atoms with Crippen LogP contribution in [0.2, 0.25) is 0 Å². The van der Waals surface area contributed by atoms with Gasteiger partial charge in [-0.1, -0.05) is 6.92 Å². The fourth-order valence-corrected chi connectivity index (χ4v) is 1.92. The second kappa shape index (κ2) is 7.20. The SMILES string of the molecule is CCOCC(O)CCCS(=O)(=O)CC. The third-order valence-corrected chi connectivity index (χ3v) is 3.74. The largest absolute Gasteiger partial charge is 0.391 e. The summed E-state index contributed by atoms with van der Waals surface area (Å²) in [6.45, 7) is 4.35. The van der Waals surface area contributed by atoms with E-state index in [-0.39, 0.29) is 11.5 Å². The highest BCUT2D eigenvalue weighted by molar-refractivity contribution is 7.91. The molecule has 0 amide bonds. The van der Waals surface area contributed by atoms with Crippen molar-refractivity contribution in [3.63, 3.8) is 0 Å². The minimum Gasteiger partial charge on any atom is -0.391 e. The number of rotatable bonds is 8. The maximum absolute atomic E-state index is 11.1. The van der Waals surface area contributed by atoms with Crippen LogP contribution in [0.15, 0.2) is 0 Å². The molecule has 0 heterocycles. The van der Waals surface area contributed by atoms with Crippen LogP contribution < -0.4 is 0 Å². The Hall–Kier alpha value is -0.130. The Kier molecular flexibility index (Phi) is 7.13. The van der Waals surface area contributed by atoms with Crippen molar-refractivity contribution in [3.8, 4) is 0 Å². The zero-order chi connectivity index (χ0) is 11.0. The molecule has 1 N–H and O–H groups in total. The normalized spacial score (nSPS) is 14.2. The summed E-state index contributed by atoms with van der Waals surface area (Å²) in [6.07, 6.45) is 0.450. The van der Waals surface area contributed by atoms with Crippen molar-refractivity contribution in [2.75, 3.05) is 24.7 Å². The zero-order valence-corrected chi connectivity index (χ0v) is 9.72. The van der Waals surface area contributed by atoms with Crippen LogP contribution in [-0.2, 0) is 14.6 Å². The number of hydrogen-bond acceptors (Lipinski definition) is 4. The van der Waals surface area contributed by atoms with Gasteiger partial charge in [-0.3, -0.25) is 0 Å². The number of aliphatic hydroxyl groups is 1. The van der Waals surface area contributed by atoms with Gasteiger partial charge in [0.25, 0.3) is 0 Å². The molecule has 0 aromatic heterocycles. The summed E-state index contributed by atoms with van der Waals surface area (Å²) < 4.78 is 27.2. The molecule has 0 aromatic carbocycles. The molecule has 86 valence electrons. The van der Waals surface area contributed by atoms with Gasteiger partial charge in [0.1, 0.15) is 9.84 Å². The third kappa shape index (κ3) is 7.29. The van der Waals surface area contributed by atoms with Gasteiger partial charge in [-0.15, -0.1) is 0 Å². The quantitative estimate of drug-likeness (QED) is 0.655. The second-order valence-corrected chi connectivity index (χ2v) is 5.66. The van der Waals surface area contributed by atoms with E-state index in [1.807, 2.05) is 6.92 Å². The highest BCUT2D eigenvalue weighted by Crippen LogP contribution is 2.01. The summed E-state index contributed by atoms with van der Waals surface area (Å²) in [6, 6.07) is 0. The van der Waals surface area contributed by atoms with Crippen LogP contribution in [0.1, 0.15) is 26.7 Å². The second-order valence-electron chi connectivity index (χ2n) is 3.19. The van der Waals surface area contributed by atoms with E-state index < -0.39 is 15.9 Å². The first kappa shape index (κ1) is 13.9. The van der Waals surface area contributed by atoms with Crippen molar-refractivity contribution in [2.45, 2.75) is 32.8 Å². The molecular formula is C9H20O4S. The molecule has 5 heteroatoms. The van der Waals surface area contributed by atoms with E-state index in [1.165, 1.54) is 0 Å². The molecule has 0 aliphatic rings. The van der Waals surface area contributed by atoms with Crippen LogP contribution in [0.5, 0.6) is 0 Å². The van der Waals surface area contributed by atoms with E-state index in [0.717, 1.165) is 0 Å². The van der Waals surface area contributed by atoms with Crippen LogP contribution in [-0.4, -0.2) is 44.3 Å². The lowest BCUT2D eigenvalue weighted by Gasteiger charge is -2.09. The van der Waals surface area contributed by atoms with Gasteiger partial charge in [0.15, 0.2) is 0 Å². The first-order valence-corrected chi connectivity index (χ1v) is 6.80. The highest BCUT2D eigenvalue weighted by Gasteiger charge is 2.09. The van der Waals surface area contributed by atoms with Crippen molar-refractivity contribution >= 4 is 9.84 Å². The molecule has 0 aromatic rings. The zero-order valence-electron chi connectivity index (χ0n) is 8.90. The van der Waals surface area contributed by atoms with Gasteiger partial charge in [0.2, 0.25) is 0 Å². The molecule has 14 heavy (non-hydrogen) atoms. The van der Waals surface area contributed by atoms with Gasteiger partial charge in [0, 0.05) is 12.4 Å².